The third-order valence-corrected chi connectivity index (χ3v) is 7.49. The van der Waals surface area contributed by atoms with E-state index in [1.807, 2.05) is 0 Å². The molecule has 0 bridgehead atoms. The van der Waals surface area contributed by atoms with Crippen LogP contribution in [0.15, 0.2) is 29.4 Å². The van der Waals surface area contributed by atoms with Crippen LogP contribution in [0.25, 0.3) is 0 Å². The van der Waals surface area contributed by atoms with Crippen LogP contribution in [-0.2, 0) is 32.1 Å². The molecule has 1 aromatic carbocycles. The first kappa shape index (κ1) is 21.8. The van der Waals surface area contributed by atoms with Gasteiger partial charge in [0.1, 0.15) is 5.71 Å². The molecule has 0 spiro atoms. The predicted octanol–water partition coefficient (Wildman–Crippen LogP) is 2.36. The summed E-state index contributed by atoms with van der Waals surface area (Å²) in [7, 11) is -3.22. The average molecular weight is 457 g/mol. The molecule has 0 N–H and O–H groups in total. The fraction of sp³-hybridized carbons (Fsp3) is 0.550. The van der Waals surface area contributed by atoms with Gasteiger partial charge in [0, 0.05) is 25.4 Å². The minimum atomic E-state index is -4.43. The Hall–Kier alpha value is -2.43. The van der Waals surface area contributed by atoms with Gasteiger partial charge in [-0.15, -0.1) is 0 Å². The molecule has 1 unspecified atom stereocenters. The number of carbonyl (C=O) groups is 2. The van der Waals surface area contributed by atoms with Gasteiger partial charge in [-0.3, -0.25) is 9.59 Å². The van der Waals surface area contributed by atoms with Crippen LogP contribution in [0.5, 0.6) is 0 Å². The van der Waals surface area contributed by atoms with Crippen molar-refractivity contribution in [2.45, 2.75) is 56.9 Å². The van der Waals surface area contributed by atoms with E-state index < -0.39 is 27.6 Å². The lowest BCUT2D eigenvalue weighted by molar-refractivity contribution is -0.138. The smallest absolute Gasteiger partial charge is 0.330 e. The number of hydrogen-bond acceptors (Lipinski definition) is 5. The minimum absolute atomic E-state index is 0.0115. The molecule has 0 aromatic heterocycles. The third kappa shape index (κ3) is 4.91. The summed E-state index contributed by atoms with van der Waals surface area (Å²) in [5.74, 6) is -0.843. The summed E-state index contributed by atoms with van der Waals surface area (Å²) in [6.07, 6.45) is -2.32. The maximum Gasteiger partial charge on any atom is 0.416 e. The lowest BCUT2D eigenvalue weighted by Crippen LogP contribution is -2.45. The van der Waals surface area contributed by atoms with Crippen LogP contribution in [0.2, 0.25) is 0 Å². The van der Waals surface area contributed by atoms with Crippen molar-refractivity contribution in [1.29, 1.82) is 0 Å². The quantitative estimate of drug-likeness (QED) is 0.679. The van der Waals surface area contributed by atoms with E-state index in [-0.39, 0.29) is 60.9 Å². The number of hydrogen-bond donors (Lipinski definition) is 0. The van der Waals surface area contributed by atoms with Crippen LogP contribution in [0.4, 0.5) is 13.2 Å². The number of carbonyl (C=O) groups excluding carboxylic acids is 2. The van der Waals surface area contributed by atoms with Gasteiger partial charge < -0.3 is 4.90 Å². The molecule has 3 aliphatic rings. The number of hydrazone groups is 1. The number of rotatable bonds is 5. The van der Waals surface area contributed by atoms with Crippen molar-refractivity contribution in [2.24, 2.45) is 5.10 Å². The first-order chi connectivity index (χ1) is 14.5. The van der Waals surface area contributed by atoms with Gasteiger partial charge in [0.25, 0.3) is 5.91 Å². The fourth-order valence-electron chi connectivity index (χ4n) is 3.89. The number of sulfone groups is 1. The molecular formula is C20H22F3N3O4S. The van der Waals surface area contributed by atoms with Gasteiger partial charge in [0.2, 0.25) is 5.91 Å². The van der Waals surface area contributed by atoms with E-state index in [1.165, 1.54) is 12.1 Å². The Morgan fingerprint density at radius 2 is 1.81 bits per heavy atom. The summed E-state index contributed by atoms with van der Waals surface area (Å²) < 4.78 is 61.9. The lowest BCUT2D eigenvalue weighted by atomic mass is 10.1. The van der Waals surface area contributed by atoms with Crippen molar-refractivity contribution in [2.75, 3.05) is 11.5 Å². The molecular weight excluding hydrogens is 435 g/mol. The van der Waals surface area contributed by atoms with Crippen LogP contribution < -0.4 is 0 Å². The Kier molecular flexibility index (Phi) is 5.57. The van der Waals surface area contributed by atoms with Gasteiger partial charge in [-0.2, -0.15) is 18.3 Å². The first-order valence-electron chi connectivity index (χ1n) is 10.1. The second-order valence-corrected chi connectivity index (χ2v) is 10.4. The van der Waals surface area contributed by atoms with Crippen LogP contribution >= 0.6 is 0 Å². The molecule has 2 aliphatic heterocycles. The van der Waals surface area contributed by atoms with Gasteiger partial charge in [0.15, 0.2) is 9.84 Å². The fourth-order valence-corrected chi connectivity index (χ4v) is 5.59. The highest BCUT2D eigenvalue weighted by Crippen LogP contribution is 2.32. The predicted molar refractivity (Wildman–Crippen MR) is 106 cm³/mol. The Morgan fingerprint density at radius 3 is 2.35 bits per heavy atom. The highest BCUT2D eigenvalue weighted by Gasteiger charge is 2.40. The zero-order valence-corrected chi connectivity index (χ0v) is 17.5. The van der Waals surface area contributed by atoms with Crippen molar-refractivity contribution in [3.63, 3.8) is 0 Å². The molecule has 4 rings (SSSR count). The monoisotopic (exact) mass is 457 g/mol. The van der Waals surface area contributed by atoms with Crippen molar-refractivity contribution in [3.05, 3.63) is 35.4 Å². The highest BCUT2D eigenvalue weighted by molar-refractivity contribution is 7.91. The SMILES string of the molecule is O=C(C1=NN(C2CCS(=O)(=O)C2)C(=O)CC1)N(Cc1ccc(C(F)(F)F)cc1)C1CC1. The van der Waals surface area contributed by atoms with Crippen LogP contribution in [-0.4, -0.2) is 59.4 Å². The van der Waals surface area contributed by atoms with Gasteiger partial charge in [-0.25, -0.2) is 13.4 Å². The Balaban J connectivity index is 1.51. The summed E-state index contributed by atoms with van der Waals surface area (Å²) in [6.45, 7) is 0.145. The van der Waals surface area contributed by atoms with Gasteiger partial charge in [-0.05, 0) is 37.0 Å². The van der Waals surface area contributed by atoms with E-state index in [0.717, 1.165) is 30.0 Å². The number of nitrogens with zero attached hydrogens (tertiary/aromatic N) is 3. The van der Waals surface area contributed by atoms with Crippen molar-refractivity contribution in [1.82, 2.24) is 9.91 Å². The number of amides is 2. The third-order valence-electron chi connectivity index (χ3n) is 5.74. The summed E-state index contributed by atoms with van der Waals surface area (Å²) in [4.78, 5) is 27.0. The number of halogens is 3. The normalized spacial score (nSPS) is 23.6. The van der Waals surface area contributed by atoms with Crippen molar-refractivity contribution >= 4 is 27.4 Å². The van der Waals surface area contributed by atoms with E-state index in [9.17, 15) is 31.2 Å². The van der Waals surface area contributed by atoms with Gasteiger partial charge in [0.05, 0.1) is 23.1 Å². The zero-order chi connectivity index (χ0) is 22.4. The van der Waals surface area contributed by atoms with E-state index in [1.54, 1.807) is 4.90 Å². The largest absolute Gasteiger partial charge is 0.416 e. The molecule has 1 saturated carbocycles. The first-order valence-corrected chi connectivity index (χ1v) is 11.9. The van der Waals surface area contributed by atoms with E-state index >= 15 is 0 Å². The van der Waals surface area contributed by atoms with E-state index in [4.69, 9.17) is 0 Å². The van der Waals surface area contributed by atoms with Crippen molar-refractivity contribution < 1.29 is 31.2 Å². The molecule has 2 fully saturated rings. The molecule has 11 heteroatoms. The zero-order valence-electron chi connectivity index (χ0n) is 16.6. The molecule has 168 valence electrons. The second-order valence-electron chi connectivity index (χ2n) is 8.20. The molecule has 1 saturated heterocycles. The van der Waals surface area contributed by atoms with E-state index in [2.05, 4.69) is 5.10 Å². The molecule has 1 atom stereocenters. The Labute approximate surface area is 177 Å². The Morgan fingerprint density at radius 1 is 1.13 bits per heavy atom. The Bertz CT molecular complexity index is 1020. The maximum atomic E-state index is 13.2. The average Bonchev–Trinajstić information content (AvgIpc) is 3.48. The molecule has 0 radical (unpaired) electrons. The molecule has 1 aliphatic carbocycles. The second kappa shape index (κ2) is 7.92. The van der Waals surface area contributed by atoms with Crippen LogP contribution in [0.1, 0.15) is 43.2 Å². The van der Waals surface area contributed by atoms with Crippen LogP contribution in [0, 0.1) is 0 Å². The summed E-state index contributed by atoms with van der Waals surface area (Å²) in [6, 6.07) is 4.11. The standard InChI is InChI=1S/C20H22F3N3O4S/c21-20(22,23)14-3-1-13(2-4-14)11-25(15-5-6-15)19(28)17-7-8-18(27)26(24-17)16-9-10-31(29,30)12-16/h1-4,15-16H,5-12H2. The summed E-state index contributed by atoms with van der Waals surface area (Å²) >= 11 is 0. The van der Waals surface area contributed by atoms with Crippen LogP contribution in [0.3, 0.4) is 0 Å². The van der Waals surface area contributed by atoms with Gasteiger partial charge in [-0.1, -0.05) is 12.1 Å². The minimum Gasteiger partial charge on any atom is -0.330 e. The summed E-state index contributed by atoms with van der Waals surface area (Å²) in [5.41, 5.74) is 0.0000574. The molecule has 2 heterocycles. The molecule has 7 nitrogen and oxygen atoms in total. The molecule has 1 aromatic rings. The number of alkyl halides is 3. The van der Waals surface area contributed by atoms with Crippen molar-refractivity contribution in [3.8, 4) is 0 Å². The lowest BCUT2D eigenvalue weighted by Gasteiger charge is -2.30. The van der Waals surface area contributed by atoms with E-state index in [0.29, 0.717) is 5.56 Å². The maximum absolute atomic E-state index is 13.2. The molecule has 31 heavy (non-hydrogen) atoms. The van der Waals surface area contributed by atoms with Gasteiger partial charge >= 0.3 is 6.18 Å². The summed E-state index contributed by atoms with van der Waals surface area (Å²) in [5, 5.41) is 5.37. The topological polar surface area (TPSA) is 87.1 Å². The highest BCUT2D eigenvalue weighted by atomic mass is 32.2. The molecule has 2 amide bonds. The number of benzene rings is 1.